The van der Waals surface area contributed by atoms with Crippen LogP contribution >= 0.6 is 0 Å². The van der Waals surface area contributed by atoms with Gasteiger partial charge in [-0.05, 0) is 19.8 Å². The van der Waals surface area contributed by atoms with Crippen LogP contribution < -0.4 is 0 Å². The molecule has 0 aromatic carbocycles. The standard InChI is InChI=1S/C12H19N3O4S/c1-7-5-15(6-10(7)12(16)17)20(18,19)11-8(2)13-14(4)9(11)3/h7,10H,5-6H2,1-4H3,(H,16,17)/t7-,10-/m1/s1. The maximum atomic E-state index is 12.7. The second kappa shape index (κ2) is 4.85. The fraction of sp³-hybridized carbons (Fsp3) is 0.667. The zero-order valence-electron chi connectivity index (χ0n) is 12.0. The van der Waals surface area contributed by atoms with Crippen LogP contribution in [-0.4, -0.2) is 46.7 Å². The lowest BCUT2D eigenvalue weighted by atomic mass is 9.99. The summed E-state index contributed by atoms with van der Waals surface area (Å²) >= 11 is 0. The lowest BCUT2D eigenvalue weighted by Crippen LogP contribution is -2.30. The molecule has 2 heterocycles. The number of aryl methyl sites for hydroxylation is 2. The Morgan fingerprint density at radius 3 is 2.35 bits per heavy atom. The molecule has 2 rings (SSSR count). The summed E-state index contributed by atoms with van der Waals surface area (Å²) in [5.41, 5.74) is 1.00. The second-order valence-corrected chi connectivity index (χ2v) is 7.24. The molecule has 2 atom stereocenters. The van der Waals surface area contributed by atoms with Gasteiger partial charge in [0.05, 0.1) is 17.3 Å². The van der Waals surface area contributed by atoms with Gasteiger partial charge < -0.3 is 5.11 Å². The van der Waals surface area contributed by atoms with Crippen molar-refractivity contribution in [2.75, 3.05) is 13.1 Å². The number of hydrogen-bond donors (Lipinski definition) is 1. The number of aliphatic carboxylic acids is 1. The normalized spacial score (nSPS) is 24.2. The first-order chi connectivity index (χ1) is 9.16. The lowest BCUT2D eigenvalue weighted by molar-refractivity contribution is -0.142. The van der Waals surface area contributed by atoms with Gasteiger partial charge in [-0.3, -0.25) is 9.48 Å². The van der Waals surface area contributed by atoms with Crippen LogP contribution in [0, 0.1) is 25.7 Å². The molecule has 20 heavy (non-hydrogen) atoms. The van der Waals surface area contributed by atoms with E-state index in [-0.39, 0.29) is 23.9 Å². The zero-order valence-corrected chi connectivity index (χ0v) is 12.8. The topological polar surface area (TPSA) is 92.5 Å². The van der Waals surface area contributed by atoms with Gasteiger partial charge in [-0.1, -0.05) is 6.92 Å². The Hall–Kier alpha value is -1.41. The number of rotatable bonds is 3. The van der Waals surface area contributed by atoms with Crippen molar-refractivity contribution in [3.05, 3.63) is 11.4 Å². The van der Waals surface area contributed by atoms with Crippen molar-refractivity contribution in [1.29, 1.82) is 0 Å². The zero-order chi connectivity index (χ0) is 15.2. The highest BCUT2D eigenvalue weighted by Crippen LogP contribution is 2.31. The first-order valence-corrected chi connectivity index (χ1v) is 7.83. The number of nitrogens with zero attached hydrogens (tertiary/aromatic N) is 3. The molecule has 0 aliphatic carbocycles. The fourth-order valence-electron chi connectivity index (χ4n) is 2.70. The van der Waals surface area contributed by atoms with E-state index in [0.717, 1.165) is 0 Å². The molecular weight excluding hydrogens is 282 g/mol. The monoisotopic (exact) mass is 301 g/mol. The largest absolute Gasteiger partial charge is 0.481 e. The summed E-state index contributed by atoms with van der Waals surface area (Å²) in [6.07, 6.45) is 0. The summed E-state index contributed by atoms with van der Waals surface area (Å²) in [5.74, 6) is -1.79. The molecule has 8 heteroatoms. The number of carboxylic acid groups (broad SMARTS) is 1. The van der Waals surface area contributed by atoms with Crippen LogP contribution in [0.3, 0.4) is 0 Å². The Morgan fingerprint density at radius 1 is 1.35 bits per heavy atom. The van der Waals surface area contributed by atoms with Crippen LogP contribution in [0.2, 0.25) is 0 Å². The molecule has 1 aromatic rings. The molecule has 0 bridgehead atoms. The summed E-state index contributed by atoms with van der Waals surface area (Å²) in [6.45, 7) is 5.35. The summed E-state index contributed by atoms with van der Waals surface area (Å²) in [6, 6.07) is 0. The van der Waals surface area contributed by atoms with Gasteiger partial charge in [0, 0.05) is 20.1 Å². The third kappa shape index (κ3) is 2.22. The molecule has 1 fully saturated rings. The molecule has 112 valence electrons. The van der Waals surface area contributed by atoms with E-state index in [1.54, 1.807) is 27.8 Å². The van der Waals surface area contributed by atoms with Crippen LogP contribution in [0.1, 0.15) is 18.3 Å². The molecule has 0 radical (unpaired) electrons. The third-order valence-corrected chi connectivity index (χ3v) is 6.02. The fourth-order valence-corrected chi connectivity index (χ4v) is 4.66. The van der Waals surface area contributed by atoms with Crippen LogP contribution in [0.4, 0.5) is 0 Å². The van der Waals surface area contributed by atoms with Crippen LogP contribution in [0.25, 0.3) is 0 Å². The Balaban J connectivity index is 2.40. The van der Waals surface area contributed by atoms with E-state index in [9.17, 15) is 13.2 Å². The summed E-state index contributed by atoms with van der Waals surface area (Å²) < 4.78 is 28.1. The highest BCUT2D eigenvalue weighted by Gasteiger charge is 2.42. The predicted octanol–water partition coefficient (Wildman–Crippen LogP) is 0.378. The molecular formula is C12H19N3O4S. The van der Waals surface area contributed by atoms with Gasteiger partial charge in [0.1, 0.15) is 4.90 Å². The van der Waals surface area contributed by atoms with Gasteiger partial charge in [-0.25, -0.2) is 8.42 Å². The first-order valence-electron chi connectivity index (χ1n) is 6.39. The SMILES string of the molecule is Cc1nn(C)c(C)c1S(=O)(=O)N1C[C@@H](C)[C@H](C(=O)O)C1. The summed E-state index contributed by atoms with van der Waals surface area (Å²) in [7, 11) is -2.00. The maximum absolute atomic E-state index is 12.7. The predicted molar refractivity (Wildman–Crippen MR) is 71.7 cm³/mol. The lowest BCUT2D eigenvalue weighted by Gasteiger charge is -2.16. The molecule has 7 nitrogen and oxygen atoms in total. The van der Waals surface area contributed by atoms with Gasteiger partial charge in [0.15, 0.2) is 0 Å². The smallest absolute Gasteiger partial charge is 0.308 e. The Bertz CT molecular complexity index is 650. The third-order valence-electron chi connectivity index (χ3n) is 3.94. The minimum Gasteiger partial charge on any atom is -0.481 e. The molecule has 0 saturated carbocycles. The molecule has 1 aliphatic rings. The summed E-state index contributed by atoms with van der Waals surface area (Å²) in [5, 5.41) is 13.2. The van der Waals surface area contributed by atoms with E-state index in [2.05, 4.69) is 5.10 Å². The van der Waals surface area contributed by atoms with Crippen molar-refractivity contribution in [1.82, 2.24) is 14.1 Å². The van der Waals surface area contributed by atoms with Gasteiger partial charge in [0.25, 0.3) is 0 Å². The van der Waals surface area contributed by atoms with E-state index >= 15 is 0 Å². The van der Waals surface area contributed by atoms with E-state index in [1.165, 1.54) is 8.99 Å². The molecule has 1 aliphatic heterocycles. The minimum atomic E-state index is -3.69. The first kappa shape index (κ1) is 15.0. The number of sulfonamides is 1. The molecule has 0 unspecified atom stereocenters. The number of aromatic nitrogens is 2. The van der Waals surface area contributed by atoms with Crippen LogP contribution in [-0.2, 0) is 21.9 Å². The Morgan fingerprint density at radius 2 is 1.95 bits per heavy atom. The van der Waals surface area contributed by atoms with Crippen molar-refractivity contribution >= 4 is 16.0 Å². The highest BCUT2D eigenvalue weighted by atomic mass is 32.2. The van der Waals surface area contributed by atoms with E-state index < -0.39 is 21.9 Å². The average Bonchev–Trinajstić information content (AvgIpc) is 2.81. The quantitative estimate of drug-likeness (QED) is 0.871. The molecule has 0 amide bonds. The highest BCUT2D eigenvalue weighted by molar-refractivity contribution is 7.89. The van der Waals surface area contributed by atoms with Crippen LogP contribution in [0.5, 0.6) is 0 Å². The van der Waals surface area contributed by atoms with Crippen molar-refractivity contribution in [2.45, 2.75) is 25.7 Å². The van der Waals surface area contributed by atoms with Gasteiger partial charge >= 0.3 is 5.97 Å². The molecule has 1 aromatic heterocycles. The number of hydrogen-bond acceptors (Lipinski definition) is 4. The minimum absolute atomic E-state index is 0.0204. The van der Waals surface area contributed by atoms with Gasteiger partial charge in [-0.15, -0.1) is 0 Å². The van der Waals surface area contributed by atoms with E-state index in [0.29, 0.717) is 11.4 Å². The van der Waals surface area contributed by atoms with Crippen molar-refractivity contribution in [2.24, 2.45) is 18.9 Å². The number of carbonyl (C=O) groups is 1. The maximum Gasteiger partial charge on any atom is 0.308 e. The van der Waals surface area contributed by atoms with Gasteiger partial charge in [-0.2, -0.15) is 9.40 Å². The summed E-state index contributed by atoms with van der Waals surface area (Å²) in [4.78, 5) is 11.3. The van der Waals surface area contributed by atoms with Crippen molar-refractivity contribution in [3.8, 4) is 0 Å². The molecule has 1 saturated heterocycles. The van der Waals surface area contributed by atoms with Crippen molar-refractivity contribution < 1.29 is 18.3 Å². The molecule has 1 N–H and O–H groups in total. The molecule has 0 spiro atoms. The Kier molecular flexibility index (Phi) is 3.64. The second-order valence-electron chi connectivity index (χ2n) is 5.37. The van der Waals surface area contributed by atoms with E-state index in [1.807, 2.05) is 0 Å². The van der Waals surface area contributed by atoms with Crippen molar-refractivity contribution in [3.63, 3.8) is 0 Å². The van der Waals surface area contributed by atoms with Gasteiger partial charge in [0.2, 0.25) is 10.0 Å². The number of carboxylic acids is 1. The average molecular weight is 301 g/mol. The Labute approximate surface area is 118 Å². The van der Waals surface area contributed by atoms with E-state index in [4.69, 9.17) is 5.11 Å². The van der Waals surface area contributed by atoms with Crippen LogP contribution in [0.15, 0.2) is 4.90 Å².